The first-order chi connectivity index (χ1) is 11.9. The molecule has 7 nitrogen and oxygen atoms in total. The van der Waals surface area contributed by atoms with Crippen LogP contribution < -0.4 is 5.32 Å². The summed E-state index contributed by atoms with van der Waals surface area (Å²) in [7, 11) is -1.96. The van der Waals surface area contributed by atoms with Gasteiger partial charge in [-0.05, 0) is 50.9 Å². The third-order valence-corrected chi connectivity index (χ3v) is 7.07. The van der Waals surface area contributed by atoms with Gasteiger partial charge in [-0.25, -0.2) is 12.7 Å². The fraction of sp³-hybridized carbons (Fsp3) is 0.529. The summed E-state index contributed by atoms with van der Waals surface area (Å²) in [5.41, 5.74) is 0.500. The van der Waals surface area contributed by atoms with Gasteiger partial charge in [-0.1, -0.05) is 0 Å². The van der Waals surface area contributed by atoms with Gasteiger partial charge < -0.3 is 10.2 Å². The topological polar surface area (TPSA) is 86.8 Å². The molecule has 0 spiro atoms. The number of carbonyl (C=O) groups is 2. The lowest BCUT2D eigenvalue weighted by Crippen LogP contribution is -2.47. The monoisotopic (exact) mass is 363 g/mol. The van der Waals surface area contributed by atoms with Crippen LogP contribution in [0.2, 0.25) is 0 Å². The summed E-state index contributed by atoms with van der Waals surface area (Å²) in [6.45, 7) is 1.26. The molecule has 3 aliphatic rings. The van der Waals surface area contributed by atoms with Crippen LogP contribution in [0.5, 0.6) is 0 Å². The van der Waals surface area contributed by atoms with E-state index >= 15 is 0 Å². The molecule has 0 aromatic heterocycles. The van der Waals surface area contributed by atoms with E-state index in [9.17, 15) is 18.0 Å². The zero-order chi connectivity index (χ0) is 17.8. The Morgan fingerprint density at radius 1 is 1.24 bits per heavy atom. The first-order valence-electron chi connectivity index (χ1n) is 8.63. The summed E-state index contributed by atoms with van der Waals surface area (Å²) in [5, 5.41) is 3.18. The van der Waals surface area contributed by atoms with E-state index in [1.54, 1.807) is 11.0 Å². The largest absolute Gasteiger partial charge is 0.337 e. The molecule has 0 radical (unpaired) electrons. The van der Waals surface area contributed by atoms with Crippen molar-refractivity contribution in [1.82, 2.24) is 14.5 Å². The maximum atomic E-state index is 12.8. The molecule has 1 atom stereocenters. The Balaban J connectivity index is 1.65. The second-order valence-corrected chi connectivity index (χ2v) is 8.71. The van der Waals surface area contributed by atoms with Crippen molar-refractivity contribution >= 4 is 21.8 Å². The molecule has 134 valence electrons. The number of likely N-dealkylation sites (N-methyl/N-ethyl adjacent to an activating group) is 1. The van der Waals surface area contributed by atoms with E-state index in [0.29, 0.717) is 31.5 Å². The van der Waals surface area contributed by atoms with Crippen LogP contribution in [-0.2, 0) is 10.0 Å². The van der Waals surface area contributed by atoms with Gasteiger partial charge in [0.15, 0.2) is 0 Å². The second-order valence-electron chi connectivity index (χ2n) is 6.93. The summed E-state index contributed by atoms with van der Waals surface area (Å²) in [4.78, 5) is 26.9. The number of rotatable bonds is 3. The van der Waals surface area contributed by atoms with E-state index in [0.717, 1.165) is 17.1 Å². The summed E-state index contributed by atoms with van der Waals surface area (Å²) < 4.78 is 26.4. The quantitative estimate of drug-likeness (QED) is 0.859. The summed E-state index contributed by atoms with van der Waals surface area (Å²) in [5.74, 6) is -0.653. The Morgan fingerprint density at radius 2 is 2.00 bits per heavy atom. The van der Waals surface area contributed by atoms with E-state index in [1.807, 2.05) is 7.05 Å². The number of nitrogens with zero attached hydrogens (tertiary/aromatic N) is 2. The molecule has 1 unspecified atom stereocenters. The predicted molar refractivity (Wildman–Crippen MR) is 90.8 cm³/mol. The highest BCUT2D eigenvalue weighted by molar-refractivity contribution is 7.90. The first-order valence-corrected chi connectivity index (χ1v) is 10.1. The summed E-state index contributed by atoms with van der Waals surface area (Å²) >= 11 is 0. The van der Waals surface area contributed by atoms with Crippen LogP contribution in [0.25, 0.3) is 0 Å². The van der Waals surface area contributed by atoms with Crippen molar-refractivity contribution in [3.05, 3.63) is 29.3 Å². The van der Waals surface area contributed by atoms with E-state index in [4.69, 9.17) is 0 Å². The van der Waals surface area contributed by atoms with Gasteiger partial charge in [0.05, 0.1) is 5.56 Å². The second kappa shape index (κ2) is 5.81. The first kappa shape index (κ1) is 16.5. The number of amides is 2. The summed E-state index contributed by atoms with van der Waals surface area (Å²) in [6, 6.07) is 4.44. The fourth-order valence-corrected chi connectivity index (χ4v) is 5.47. The minimum Gasteiger partial charge on any atom is -0.337 e. The molecule has 1 N–H and O–H groups in total. The van der Waals surface area contributed by atoms with Crippen LogP contribution >= 0.6 is 0 Å². The average molecular weight is 363 g/mol. The third kappa shape index (κ3) is 2.64. The molecule has 2 amide bonds. The Kier molecular flexibility index (Phi) is 3.84. The van der Waals surface area contributed by atoms with E-state index in [1.165, 1.54) is 12.1 Å². The Labute approximate surface area is 147 Å². The summed E-state index contributed by atoms with van der Waals surface area (Å²) in [6.07, 6.45) is 3.35. The van der Waals surface area contributed by atoms with Crippen LogP contribution in [0.1, 0.15) is 46.4 Å². The van der Waals surface area contributed by atoms with Gasteiger partial charge in [0.25, 0.3) is 21.8 Å². The van der Waals surface area contributed by atoms with Crippen molar-refractivity contribution in [2.45, 2.75) is 42.7 Å². The number of hydrogen-bond acceptors (Lipinski definition) is 5. The molecule has 1 aromatic carbocycles. The van der Waals surface area contributed by atoms with Crippen molar-refractivity contribution in [2.24, 2.45) is 0 Å². The molecular formula is C17H21N3O4S. The molecule has 1 saturated carbocycles. The fourth-order valence-electron chi connectivity index (χ4n) is 3.63. The number of piperidine rings is 1. The van der Waals surface area contributed by atoms with Crippen LogP contribution in [0.15, 0.2) is 23.1 Å². The van der Waals surface area contributed by atoms with Crippen LogP contribution in [0.4, 0.5) is 0 Å². The molecule has 4 rings (SSSR count). The van der Waals surface area contributed by atoms with Gasteiger partial charge in [0.1, 0.15) is 4.90 Å². The number of likely N-dealkylation sites (tertiary alicyclic amines) is 1. The number of fused-ring (bicyclic) bond motifs is 1. The van der Waals surface area contributed by atoms with Gasteiger partial charge in [0.2, 0.25) is 0 Å². The van der Waals surface area contributed by atoms with Crippen LogP contribution in [0, 0.1) is 0 Å². The number of sulfonamides is 1. The van der Waals surface area contributed by atoms with E-state index in [2.05, 4.69) is 5.32 Å². The van der Waals surface area contributed by atoms with Crippen molar-refractivity contribution < 1.29 is 18.0 Å². The minimum atomic E-state index is -3.83. The van der Waals surface area contributed by atoms with Crippen molar-refractivity contribution in [3.8, 4) is 0 Å². The van der Waals surface area contributed by atoms with Gasteiger partial charge in [0, 0.05) is 30.7 Å². The van der Waals surface area contributed by atoms with Crippen molar-refractivity contribution in [2.75, 3.05) is 20.1 Å². The standard InChI is InChI=1S/C17H21N3O4S/c1-18-12-3-2-8-19(10-12)16(21)11-4-7-14-15(9-11)25(23,24)20(17(14)22)13-5-6-13/h4,7,9,12-13,18H,2-3,5-6,8,10H2,1H3. The lowest BCUT2D eigenvalue weighted by atomic mass is 10.0. The number of hydrogen-bond donors (Lipinski definition) is 1. The maximum Gasteiger partial charge on any atom is 0.269 e. The molecule has 25 heavy (non-hydrogen) atoms. The predicted octanol–water partition coefficient (Wildman–Crippen LogP) is 0.817. The van der Waals surface area contributed by atoms with Crippen LogP contribution in [0.3, 0.4) is 0 Å². The molecule has 1 aliphatic carbocycles. The molecule has 2 fully saturated rings. The molecule has 1 aromatic rings. The van der Waals surface area contributed by atoms with Gasteiger partial charge >= 0.3 is 0 Å². The average Bonchev–Trinajstić information content (AvgIpc) is 3.42. The maximum absolute atomic E-state index is 12.8. The number of carbonyl (C=O) groups excluding carboxylic acids is 2. The molecule has 2 heterocycles. The van der Waals surface area contributed by atoms with Crippen molar-refractivity contribution in [1.29, 1.82) is 0 Å². The third-order valence-electron chi connectivity index (χ3n) is 5.19. The molecular weight excluding hydrogens is 342 g/mol. The Bertz CT molecular complexity index is 847. The molecule has 0 bridgehead atoms. The highest BCUT2D eigenvalue weighted by atomic mass is 32.2. The zero-order valence-corrected chi connectivity index (χ0v) is 14.9. The van der Waals surface area contributed by atoms with Gasteiger partial charge in [-0.15, -0.1) is 0 Å². The normalized spacial score (nSPS) is 25.2. The zero-order valence-electron chi connectivity index (χ0n) is 14.1. The minimum absolute atomic E-state index is 0.0302. The lowest BCUT2D eigenvalue weighted by Gasteiger charge is -2.32. The van der Waals surface area contributed by atoms with E-state index < -0.39 is 15.9 Å². The Morgan fingerprint density at radius 3 is 2.68 bits per heavy atom. The van der Waals surface area contributed by atoms with Gasteiger partial charge in [-0.3, -0.25) is 9.59 Å². The van der Waals surface area contributed by atoms with Crippen LogP contribution in [-0.4, -0.2) is 61.7 Å². The highest BCUT2D eigenvalue weighted by Gasteiger charge is 2.48. The Hall–Kier alpha value is -1.93. The lowest BCUT2D eigenvalue weighted by molar-refractivity contribution is 0.0697. The number of nitrogens with one attached hydrogen (secondary N) is 1. The van der Waals surface area contributed by atoms with Gasteiger partial charge in [-0.2, -0.15) is 0 Å². The number of benzene rings is 1. The molecule has 1 saturated heterocycles. The molecule has 8 heteroatoms. The van der Waals surface area contributed by atoms with E-state index in [-0.39, 0.29) is 28.4 Å². The van der Waals surface area contributed by atoms with Crippen molar-refractivity contribution in [3.63, 3.8) is 0 Å². The SMILES string of the molecule is CNC1CCCN(C(=O)c2ccc3c(c2)S(=O)(=O)N(C2CC2)C3=O)C1. The molecule has 2 aliphatic heterocycles. The smallest absolute Gasteiger partial charge is 0.269 e. The highest BCUT2D eigenvalue weighted by Crippen LogP contribution is 2.39.